The van der Waals surface area contributed by atoms with E-state index in [1.807, 2.05) is 30.3 Å². The zero-order valence-electron chi connectivity index (χ0n) is 9.85. The van der Waals surface area contributed by atoms with Gasteiger partial charge in [0.25, 0.3) is 0 Å². The molecule has 6 nitrogen and oxygen atoms in total. The minimum atomic E-state index is -0.136. The van der Waals surface area contributed by atoms with Crippen molar-refractivity contribution in [2.45, 2.75) is 6.54 Å². The van der Waals surface area contributed by atoms with Crippen LogP contribution in [-0.4, -0.2) is 34.2 Å². The third-order valence-corrected chi connectivity index (χ3v) is 2.49. The van der Waals surface area contributed by atoms with E-state index < -0.39 is 0 Å². The number of aldehydes is 1. The number of carbonyl (C=O) groups is 2. The quantitative estimate of drug-likeness (QED) is 0.744. The van der Waals surface area contributed by atoms with Crippen LogP contribution >= 0.6 is 0 Å². The van der Waals surface area contributed by atoms with Crippen molar-refractivity contribution in [2.75, 3.05) is 11.9 Å². The highest BCUT2D eigenvalue weighted by Crippen LogP contribution is 2.11. The van der Waals surface area contributed by atoms with Gasteiger partial charge < -0.3 is 4.90 Å². The van der Waals surface area contributed by atoms with Gasteiger partial charge in [-0.1, -0.05) is 23.4 Å². The predicted octanol–water partition coefficient (Wildman–Crippen LogP) is 0.754. The van der Waals surface area contributed by atoms with Gasteiger partial charge in [0.05, 0.1) is 6.20 Å². The first-order valence-electron chi connectivity index (χ1n) is 5.37. The molecule has 0 aliphatic carbocycles. The van der Waals surface area contributed by atoms with Gasteiger partial charge in [-0.25, -0.2) is 4.68 Å². The maximum Gasteiger partial charge on any atom is 0.248 e. The number of nitrogens with zero attached hydrogens (tertiary/aromatic N) is 4. The number of likely N-dealkylation sites (N-methyl/N-ethyl adjacent to an activating group) is 1. The summed E-state index contributed by atoms with van der Waals surface area (Å²) in [7, 11) is 1.69. The summed E-state index contributed by atoms with van der Waals surface area (Å²) in [6, 6.07) is 9.29. The van der Waals surface area contributed by atoms with Gasteiger partial charge in [-0.2, -0.15) is 0 Å². The zero-order chi connectivity index (χ0) is 13.0. The Labute approximate surface area is 104 Å². The SMILES string of the molecule is CN(C(=O)Cn1cc(C=O)nn1)c1ccccc1. The van der Waals surface area contributed by atoms with Crippen LogP contribution in [0.5, 0.6) is 0 Å². The second-order valence-electron chi connectivity index (χ2n) is 3.75. The number of hydrogen-bond acceptors (Lipinski definition) is 4. The number of aromatic nitrogens is 3. The van der Waals surface area contributed by atoms with Crippen LogP contribution < -0.4 is 4.90 Å². The van der Waals surface area contributed by atoms with Crippen LogP contribution in [0.2, 0.25) is 0 Å². The van der Waals surface area contributed by atoms with E-state index in [1.54, 1.807) is 7.05 Å². The molecular weight excluding hydrogens is 232 g/mol. The minimum absolute atomic E-state index is 0.0479. The van der Waals surface area contributed by atoms with Gasteiger partial charge in [-0.05, 0) is 12.1 Å². The lowest BCUT2D eigenvalue weighted by atomic mass is 10.3. The van der Waals surface area contributed by atoms with E-state index in [0.717, 1.165) is 5.69 Å². The Bertz CT molecular complexity index is 550. The monoisotopic (exact) mass is 244 g/mol. The average molecular weight is 244 g/mol. The molecule has 0 aliphatic heterocycles. The Hall–Kier alpha value is -2.50. The van der Waals surface area contributed by atoms with Crippen LogP contribution in [0.1, 0.15) is 10.5 Å². The molecule has 1 amide bonds. The summed E-state index contributed by atoms with van der Waals surface area (Å²) in [5, 5.41) is 7.28. The van der Waals surface area contributed by atoms with Crippen molar-refractivity contribution in [1.82, 2.24) is 15.0 Å². The fraction of sp³-hybridized carbons (Fsp3) is 0.167. The summed E-state index contributed by atoms with van der Waals surface area (Å²) in [5.74, 6) is -0.136. The molecule has 0 atom stereocenters. The highest BCUT2D eigenvalue weighted by atomic mass is 16.2. The first-order valence-corrected chi connectivity index (χ1v) is 5.37. The van der Waals surface area contributed by atoms with Crippen molar-refractivity contribution in [3.05, 3.63) is 42.2 Å². The van der Waals surface area contributed by atoms with Crippen molar-refractivity contribution in [1.29, 1.82) is 0 Å². The van der Waals surface area contributed by atoms with Crippen LogP contribution in [-0.2, 0) is 11.3 Å². The van der Waals surface area contributed by atoms with Crippen LogP contribution in [0.15, 0.2) is 36.5 Å². The van der Waals surface area contributed by atoms with E-state index in [1.165, 1.54) is 15.8 Å². The predicted molar refractivity (Wildman–Crippen MR) is 65.3 cm³/mol. The number of benzene rings is 1. The summed E-state index contributed by atoms with van der Waals surface area (Å²) in [6.45, 7) is 0.0479. The fourth-order valence-electron chi connectivity index (χ4n) is 1.48. The molecule has 1 aromatic carbocycles. The first kappa shape index (κ1) is 12.0. The van der Waals surface area contributed by atoms with Gasteiger partial charge in [0.1, 0.15) is 12.2 Å². The standard InChI is InChI=1S/C12H12N4O2/c1-15(11-5-3-2-4-6-11)12(18)8-16-7-10(9-17)13-14-16/h2-7,9H,8H2,1H3. The van der Waals surface area contributed by atoms with Crippen molar-refractivity contribution in [3.63, 3.8) is 0 Å². The Balaban J connectivity index is 2.06. The zero-order valence-corrected chi connectivity index (χ0v) is 9.85. The van der Waals surface area contributed by atoms with Gasteiger partial charge >= 0.3 is 0 Å². The van der Waals surface area contributed by atoms with Crippen LogP contribution in [0.25, 0.3) is 0 Å². The summed E-state index contributed by atoms with van der Waals surface area (Å²) in [5.41, 5.74) is 1.02. The smallest absolute Gasteiger partial charge is 0.248 e. The number of rotatable bonds is 4. The third kappa shape index (κ3) is 2.60. The van der Waals surface area contributed by atoms with Crippen LogP contribution in [0.4, 0.5) is 5.69 Å². The van der Waals surface area contributed by atoms with Crippen molar-refractivity contribution >= 4 is 17.9 Å². The van der Waals surface area contributed by atoms with Gasteiger partial charge in [0, 0.05) is 12.7 Å². The Morgan fingerprint density at radius 2 is 2.11 bits per heavy atom. The molecule has 6 heteroatoms. The topological polar surface area (TPSA) is 68.1 Å². The highest BCUT2D eigenvalue weighted by Gasteiger charge is 2.12. The Morgan fingerprint density at radius 1 is 1.39 bits per heavy atom. The number of carbonyl (C=O) groups excluding carboxylic acids is 2. The highest BCUT2D eigenvalue weighted by molar-refractivity contribution is 5.92. The van der Waals surface area contributed by atoms with E-state index in [9.17, 15) is 9.59 Å². The fourth-order valence-corrected chi connectivity index (χ4v) is 1.48. The molecule has 0 radical (unpaired) electrons. The number of anilines is 1. The average Bonchev–Trinajstić information content (AvgIpc) is 2.86. The molecule has 0 aliphatic rings. The van der Waals surface area contributed by atoms with Gasteiger partial charge in [0.2, 0.25) is 5.91 Å². The molecule has 0 fully saturated rings. The van der Waals surface area contributed by atoms with Crippen molar-refractivity contribution in [2.24, 2.45) is 0 Å². The number of para-hydroxylation sites is 1. The Kier molecular flexibility index (Phi) is 3.47. The summed E-state index contributed by atoms with van der Waals surface area (Å²) >= 11 is 0. The molecule has 0 bridgehead atoms. The molecule has 0 spiro atoms. The third-order valence-electron chi connectivity index (χ3n) is 2.49. The van der Waals surface area contributed by atoms with E-state index in [-0.39, 0.29) is 18.1 Å². The van der Waals surface area contributed by atoms with Crippen LogP contribution in [0.3, 0.4) is 0 Å². The maximum atomic E-state index is 12.0. The molecule has 18 heavy (non-hydrogen) atoms. The first-order chi connectivity index (χ1) is 8.70. The van der Waals surface area contributed by atoms with Gasteiger partial charge in [-0.3, -0.25) is 9.59 Å². The minimum Gasteiger partial charge on any atom is -0.314 e. The molecule has 1 aromatic heterocycles. The Morgan fingerprint density at radius 3 is 2.72 bits per heavy atom. The number of hydrogen-bond donors (Lipinski definition) is 0. The molecule has 0 unspecified atom stereocenters. The lowest BCUT2D eigenvalue weighted by Gasteiger charge is -2.16. The van der Waals surface area contributed by atoms with Gasteiger partial charge in [0.15, 0.2) is 6.29 Å². The molecule has 0 saturated carbocycles. The summed E-state index contributed by atoms with van der Waals surface area (Å²) in [4.78, 5) is 23.9. The number of amides is 1. The lowest BCUT2D eigenvalue weighted by Crippen LogP contribution is -2.30. The second-order valence-corrected chi connectivity index (χ2v) is 3.75. The lowest BCUT2D eigenvalue weighted by molar-refractivity contribution is -0.119. The molecule has 1 heterocycles. The summed E-state index contributed by atoms with van der Waals surface area (Å²) in [6.07, 6.45) is 2.03. The van der Waals surface area contributed by atoms with Crippen molar-refractivity contribution < 1.29 is 9.59 Å². The molecule has 92 valence electrons. The molecule has 2 aromatic rings. The molecular formula is C12H12N4O2. The second kappa shape index (κ2) is 5.22. The summed E-state index contributed by atoms with van der Waals surface area (Å²) < 4.78 is 1.34. The van der Waals surface area contributed by atoms with E-state index in [4.69, 9.17) is 0 Å². The van der Waals surface area contributed by atoms with Crippen LogP contribution in [0, 0.1) is 0 Å². The maximum absolute atomic E-state index is 12.0. The van der Waals surface area contributed by atoms with Crippen molar-refractivity contribution in [3.8, 4) is 0 Å². The van der Waals surface area contributed by atoms with E-state index in [2.05, 4.69) is 10.3 Å². The largest absolute Gasteiger partial charge is 0.314 e. The van der Waals surface area contributed by atoms with E-state index in [0.29, 0.717) is 6.29 Å². The normalized spacial score (nSPS) is 10.1. The van der Waals surface area contributed by atoms with E-state index >= 15 is 0 Å². The van der Waals surface area contributed by atoms with Gasteiger partial charge in [-0.15, -0.1) is 5.10 Å². The molecule has 0 saturated heterocycles. The molecule has 2 rings (SSSR count). The molecule has 0 N–H and O–H groups in total.